The van der Waals surface area contributed by atoms with Gasteiger partial charge in [0.05, 0.1) is 0 Å². The lowest BCUT2D eigenvalue weighted by molar-refractivity contribution is -0.140. The van der Waals surface area contributed by atoms with Crippen molar-refractivity contribution in [3.8, 4) is 0 Å². The van der Waals surface area contributed by atoms with E-state index in [-0.39, 0.29) is 5.92 Å². The first-order chi connectivity index (χ1) is 9.43. The summed E-state index contributed by atoms with van der Waals surface area (Å²) in [5.41, 5.74) is 0.889. The maximum atomic E-state index is 11.7. The molecule has 3 N–H and O–H groups in total. The fourth-order valence-electron chi connectivity index (χ4n) is 1.66. The van der Waals surface area contributed by atoms with Crippen molar-refractivity contribution in [3.05, 3.63) is 34.9 Å². The number of aliphatic carboxylic acids is 1. The van der Waals surface area contributed by atoms with E-state index in [2.05, 4.69) is 10.6 Å². The summed E-state index contributed by atoms with van der Waals surface area (Å²) >= 11 is 5.76. The molecule has 5 nitrogen and oxygen atoms in total. The molecule has 0 saturated heterocycles. The van der Waals surface area contributed by atoms with Gasteiger partial charge in [0, 0.05) is 11.6 Å². The molecular formula is C14H19ClN2O3. The number of nitrogens with one attached hydrogen (secondary N) is 2. The van der Waals surface area contributed by atoms with E-state index in [1.807, 2.05) is 6.92 Å². The van der Waals surface area contributed by atoms with Crippen molar-refractivity contribution in [1.29, 1.82) is 0 Å². The molecule has 0 heterocycles. The Morgan fingerprint density at radius 1 is 1.30 bits per heavy atom. The monoisotopic (exact) mass is 298 g/mol. The minimum Gasteiger partial charge on any atom is -0.480 e. The van der Waals surface area contributed by atoms with Gasteiger partial charge >= 0.3 is 12.0 Å². The van der Waals surface area contributed by atoms with E-state index in [1.165, 1.54) is 0 Å². The van der Waals surface area contributed by atoms with Crippen LogP contribution in [0.4, 0.5) is 4.79 Å². The first kappa shape index (κ1) is 16.3. The Labute approximate surface area is 123 Å². The molecule has 0 unspecified atom stereocenters. The number of hydrogen-bond acceptors (Lipinski definition) is 2. The van der Waals surface area contributed by atoms with E-state index in [0.29, 0.717) is 18.0 Å². The van der Waals surface area contributed by atoms with Crippen LogP contribution in [0, 0.1) is 5.92 Å². The molecule has 0 aliphatic heterocycles. The van der Waals surface area contributed by atoms with Crippen LogP contribution in [-0.2, 0) is 11.3 Å². The lowest BCUT2D eigenvalue weighted by atomic mass is 9.99. The van der Waals surface area contributed by atoms with Gasteiger partial charge in [0.1, 0.15) is 6.04 Å². The summed E-state index contributed by atoms with van der Waals surface area (Å²) in [7, 11) is 0. The van der Waals surface area contributed by atoms with Gasteiger partial charge in [-0.05, 0) is 23.6 Å². The third-order valence-electron chi connectivity index (χ3n) is 3.13. The zero-order chi connectivity index (χ0) is 15.1. The Morgan fingerprint density at radius 2 is 1.90 bits per heavy atom. The number of carboxylic acid groups (broad SMARTS) is 1. The Balaban J connectivity index is 2.49. The summed E-state index contributed by atoms with van der Waals surface area (Å²) in [5, 5.41) is 14.8. The van der Waals surface area contributed by atoms with Crippen molar-refractivity contribution in [1.82, 2.24) is 10.6 Å². The topological polar surface area (TPSA) is 78.4 Å². The zero-order valence-corrected chi connectivity index (χ0v) is 12.3. The molecule has 2 amide bonds. The van der Waals surface area contributed by atoms with E-state index in [9.17, 15) is 9.59 Å². The molecule has 0 fully saturated rings. The van der Waals surface area contributed by atoms with Gasteiger partial charge in [0.25, 0.3) is 0 Å². The van der Waals surface area contributed by atoms with Crippen LogP contribution in [0.25, 0.3) is 0 Å². The summed E-state index contributed by atoms with van der Waals surface area (Å²) in [6.07, 6.45) is 0.675. The molecule has 1 aromatic rings. The Kier molecular flexibility index (Phi) is 6.31. The lowest BCUT2D eigenvalue weighted by Crippen LogP contribution is -2.48. The van der Waals surface area contributed by atoms with Crippen molar-refractivity contribution in [2.45, 2.75) is 32.9 Å². The van der Waals surface area contributed by atoms with Crippen LogP contribution in [0.3, 0.4) is 0 Å². The third kappa shape index (κ3) is 5.09. The van der Waals surface area contributed by atoms with Gasteiger partial charge in [-0.15, -0.1) is 0 Å². The van der Waals surface area contributed by atoms with Crippen molar-refractivity contribution in [2.24, 2.45) is 5.92 Å². The van der Waals surface area contributed by atoms with Crippen molar-refractivity contribution >= 4 is 23.6 Å². The highest BCUT2D eigenvalue weighted by Crippen LogP contribution is 2.10. The number of carboxylic acids is 1. The third-order valence-corrected chi connectivity index (χ3v) is 3.38. The van der Waals surface area contributed by atoms with Crippen molar-refractivity contribution in [3.63, 3.8) is 0 Å². The quantitative estimate of drug-likeness (QED) is 0.755. The van der Waals surface area contributed by atoms with E-state index >= 15 is 0 Å². The SMILES string of the molecule is CC[C@@H](C)[C@H](NC(=O)NCc1ccc(Cl)cc1)C(=O)O. The van der Waals surface area contributed by atoms with Gasteiger partial charge in [0.2, 0.25) is 0 Å². The zero-order valence-electron chi connectivity index (χ0n) is 11.5. The maximum absolute atomic E-state index is 11.7. The minimum absolute atomic E-state index is 0.131. The number of carbonyl (C=O) groups excluding carboxylic acids is 1. The van der Waals surface area contributed by atoms with E-state index < -0.39 is 18.0 Å². The summed E-state index contributed by atoms with van der Waals surface area (Å²) < 4.78 is 0. The number of benzene rings is 1. The molecule has 0 aromatic heterocycles. The van der Waals surface area contributed by atoms with Gasteiger partial charge in [0.15, 0.2) is 0 Å². The Bertz CT molecular complexity index is 462. The van der Waals surface area contributed by atoms with Crippen molar-refractivity contribution < 1.29 is 14.7 Å². The molecule has 0 spiro atoms. The van der Waals surface area contributed by atoms with Crippen LogP contribution in [0.5, 0.6) is 0 Å². The Morgan fingerprint density at radius 3 is 2.40 bits per heavy atom. The van der Waals surface area contributed by atoms with E-state index in [4.69, 9.17) is 16.7 Å². The number of rotatable bonds is 6. The highest BCUT2D eigenvalue weighted by molar-refractivity contribution is 6.30. The molecule has 20 heavy (non-hydrogen) atoms. The highest BCUT2D eigenvalue weighted by atomic mass is 35.5. The summed E-state index contributed by atoms with van der Waals surface area (Å²) in [5.74, 6) is -1.16. The molecule has 0 bridgehead atoms. The van der Waals surface area contributed by atoms with Crippen LogP contribution in [0.1, 0.15) is 25.8 Å². The first-order valence-electron chi connectivity index (χ1n) is 6.45. The van der Waals surface area contributed by atoms with E-state index in [0.717, 1.165) is 5.56 Å². The standard InChI is InChI=1S/C14H19ClN2O3/c1-3-9(2)12(13(18)19)17-14(20)16-8-10-4-6-11(15)7-5-10/h4-7,9,12H,3,8H2,1-2H3,(H,18,19)(H2,16,17,20)/t9-,12+/m1/s1. The summed E-state index contributed by atoms with van der Waals surface area (Å²) in [6.45, 7) is 3.99. The molecule has 0 radical (unpaired) electrons. The van der Waals surface area contributed by atoms with Gasteiger partial charge in [-0.25, -0.2) is 9.59 Å². The van der Waals surface area contributed by atoms with Crippen LogP contribution >= 0.6 is 11.6 Å². The number of hydrogen-bond donors (Lipinski definition) is 3. The Hall–Kier alpha value is -1.75. The van der Waals surface area contributed by atoms with Gasteiger partial charge in [-0.2, -0.15) is 0 Å². The van der Waals surface area contributed by atoms with Gasteiger partial charge in [-0.1, -0.05) is 44.0 Å². The number of halogens is 1. The number of amides is 2. The second kappa shape index (κ2) is 7.75. The normalized spacial score (nSPS) is 13.3. The minimum atomic E-state index is -1.03. The number of urea groups is 1. The first-order valence-corrected chi connectivity index (χ1v) is 6.83. The van der Waals surface area contributed by atoms with Crippen LogP contribution < -0.4 is 10.6 Å². The molecule has 0 aliphatic carbocycles. The van der Waals surface area contributed by atoms with Crippen molar-refractivity contribution in [2.75, 3.05) is 0 Å². The molecule has 2 atom stereocenters. The fraction of sp³-hybridized carbons (Fsp3) is 0.429. The highest BCUT2D eigenvalue weighted by Gasteiger charge is 2.24. The van der Waals surface area contributed by atoms with Crippen LogP contribution in [-0.4, -0.2) is 23.1 Å². The van der Waals surface area contributed by atoms with Gasteiger partial charge < -0.3 is 15.7 Å². The average Bonchev–Trinajstić information content (AvgIpc) is 2.43. The predicted octanol–water partition coefficient (Wildman–Crippen LogP) is 2.64. The average molecular weight is 299 g/mol. The maximum Gasteiger partial charge on any atom is 0.326 e. The second-order valence-electron chi connectivity index (χ2n) is 4.65. The summed E-state index contributed by atoms with van der Waals surface area (Å²) in [6, 6.07) is 5.68. The largest absolute Gasteiger partial charge is 0.480 e. The molecule has 110 valence electrons. The second-order valence-corrected chi connectivity index (χ2v) is 5.09. The molecule has 0 saturated carbocycles. The molecular weight excluding hydrogens is 280 g/mol. The molecule has 0 aliphatic rings. The van der Waals surface area contributed by atoms with Gasteiger partial charge in [-0.3, -0.25) is 0 Å². The summed E-state index contributed by atoms with van der Waals surface area (Å²) in [4.78, 5) is 22.8. The van der Waals surface area contributed by atoms with E-state index in [1.54, 1.807) is 31.2 Å². The fourth-order valence-corrected chi connectivity index (χ4v) is 1.79. The smallest absolute Gasteiger partial charge is 0.326 e. The number of carbonyl (C=O) groups is 2. The van der Waals surface area contributed by atoms with Crippen LogP contribution in [0.2, 0.25) is 5.02 Å². The predicted molar refractivity (Wildman–Crippen MR) is 77.7 cm³/mol. The molecule has 1 rings (SSSR count). The molecule has 1 aromatic carbocycles. The van der Waals surface area contributed by atoms with Crippen LogP contribution in [0.15, 0.2) is 24.3 Å². The lowest BCUT2D eigenvalue weighted by Gasteiger charge is -2.20. The molecule has 6 heteroatoms.